The van der Waals surface area contributed by atoms with E-state index in [2.05, 4.69) is 10.3 Å². The van der Waals surface area contributed by atoms with Gasteiger partial charge in [-0.15, -0.1) is 0 Å². The van der Waals surface area contributed by atoms with E-state index in [1.807, 2.05) is 12.1 Å². The van der Waals surface area contributed by atoms with Crippen LogP contribution in [0.5, 0.6) is 5.75 Å². The van der Waals surface area contributed by atoms with Gasteiger partial charge in [0.2, 0.25) is 0 Å². The Morgan fingerprint density at radius 2 is 1.92 bits per heavy atom. The van der Waals surface area contributed by atoms with Gasteiger partial charge in [0.05, 0.1) is 0 Å². The zero-order chi connectivity index (χ0) is 18.4. The molecule has 0 spiro atoms. The molecule has 1 amide bonds. The minimum absolute atomic E-state index is 0.00419. The average molecular weight is 350 g/mol. The maximum absolute atomic E-state index is 12.1. The zero-order valence-electron chi connectivity index (χ0n) is 14.3. The number of ketones is 1. The number of carbonyl (C=O) groups excluding carboxylic acids is 2. The lowest BCUT2D eigenvalue weighted by molar-refractivity contribution is 0.0918. The number of hydrogen-bond acceptors (Lipinski definition) is 5. The maximum Gasteiger partial charge on any atom is 0.287 e. The van der Waals surface area contributed by atoms with Crippen LogP contribution in [-0.2, 0) is 13.2 Å². The fourth-order valence-corrected chi connectivity index (χ4v) is 2.29. The van der Waals surface area contributed by atoms with Crippen LogP contribution >= 0.6 is 0 Å². The molecule has 132 valence electrons. The van der Waals surface area contributed by atoms with Gasteiger partial charge in [-0.25, -0.2) is 0 Å². The second-order valence-corrected chi connectivity index (χ2v) is 5.68. The van der Waals surface area contributed by atoms with Crippen molar-refractivity contribution in [2.24, 2.45) is 0 Å². The lowest BCUT2D eigenvalue weighted by Crippen LogP contribution is -2.22. The number of aromatic nitrogens is 1. The van der Waals surface area contributed by atoms with E-state index in [4.69, 9.17) is 9.15 Å². The first-order valence-electron chi connectivity index (χ1n) is 8.11. The molecule has 2 heterocycles. The van der Waals surface area contributed by atoms with E-state index in [0.717, 1.165) is 5.56 Å². The Morgan fingerprint density at radius 3 is 2.62 bits per heavy atom. The highest BCUT2D eigenvalue weighted by atomic mass is 16.5. The van der Waals surface area contributed by atoms with E-state index in [0.29, 0.717) is 23.6 Å². The third-order valence-corrected chi connectivity index (χ3v) is 3.70. The highest BCUT2D eigenvalue weighted by Crippen LogP contribution is 2.16. The van der Waals surface area contributed by atoms with Crippen molar-refractivity contribution in [3.8, 4) is 5.75 Å². The summed E-state index contributed by atoms with van der Waals surface area (Å²) in [5, 5.41) is 2.77. The summed E-state index contributed by atoms with van der Waals surface area (Å²) in [5.74, 6) is 1.08. The summed E-state index contributed by atoms with van der Waals surface area (Å²) in [6.07, 6.45) is 3.37. The number of amides is 1. The van der Waals surface area contributed by atoms with E-state index in [-0.39, 0.29) is 24.1 Å². The highest BCUT2D eigenvalue weighted by molar-refractivity contribution is 5.94. The van der Waals surface area contributed by atoms with Crippen LogP contribution in [0, 0.1) is 0 Å². The van der Waals surface area contributed by atoms with Gasteiger partial charge in [-0.2, -0.15) is 0 Å². The second kappa shape index (κ2) is 8.11. The Hall–Kier alpha value is -3.41. The van der Waals surface area contributed by atoms with Gasteiger partial charge in [0.15, 0.2) is 11.5 Å². The van der Waals surface area contributed by atoms with Crippen molar-refractivity contribution in [2.75, 3.05) is 0 Å². The van der Waals surface area contributed by atoms with Gasteiger partial charge < -0.3 is 14.5 Å². The normalized spacial score (nSPS) is 10.3. The van der Waals surface area contributed by atoms with Crippen molar-refractivity contribution in [2.45, 2.75) is 20.1 Å². The fourth-order valence-electron chi connectivity index (χ4n) is 2.29. The molecular formula is C20H18N2O4. The van der Waals surface area contributed by atoms with E-state index in [1.54, 1.807) is 48.8 Å². The molecule has 2 aromatic heterocycles. The summed E-state index contributed by atoms with van der Waals surface area (Å²) in [4.78, 5) is 27.4. The molecule has 6 heteroatoms. The Balaban J connectivity index is 1.52. The molecule has 3 aromatic rings. The molecule has 0 atom stereocenters. The number of pyridine rings is 1. The van der Waals surface area contributed by atoms with Crippen LogP contribution < -0.4 is 10.1 Å². The smallest absolute Gasteiger partial charge is 0.287 e. The van der Waals surface area contributed by atoms with Gasteiger partial charge >= 0.3 is 0 Å². The number of furan rings is 1. The number of nitrogens with one attached hydrogen (secondary N) is 1. The summed E-state index contributed by atoms with van der Waals surface area (Å²) < 4.78 is 11.1. The van der Waals surface area contributed by atoms with Crippen molar-refractivity contribution in [3.05, 3.63) is 83.6 Å². The number of hydrogen-bond donors (Lipinski definition) is 1. The van der Waals surface area contributed by atoms with Crippen molar-refractivity contribution in [1.82, 2.24) is 10.3 Å². The Kier molecular flexibility index (Phi) is 5.43. The van der Waals surface area contributed by atoms with Crippen LogP contribution in [0.3, 0.4) is 0 Å². The van der Waals surface area contributed by atoms with Crippen molar-refractivity contribution < 1.29 is 18.7 Å². The molecule has 0 saturated carbocycles. The first-order valence-corrected chi connectivity index (χ1v) is 8.11. The van der Waals surface area contributed by atoms with Crippen molar-refractivity contribution in [3.63, 3.8) is 0 Å². The third kappa shape index (κ3) is 4.57. The van der Waals surface area contributed by atoms with Gasteiger partial charge in [-0.05, 0) is 55.0 Å². The van der Waals surface area contributed by atoms with Gasteiger partial charge in [0, 0.05) is 24.5 Å². The molecule has 0 aliphatic rings. The molecule has 3 rings (SSSR count). The molecule has 0 saturated heterocycles. The summed E-state index contributed by atoms with van der Waals surface area (Å²) in [5.41, 5.74) is 1.54. The fraction of sp³-hybridized carbons (Fsp3) is 0.150. The number of carbonyl (C=O) groups is 2. The summed E-state index contributed by atoms with van der Waals surface area (Å²) in [6, 6.07) is 13.9. The lowest BCUT2D eigenvalue weighted by atomic mass is 10.1. The topological polar surface area (TPSA) is 81.4 Å². The Morgan fingerprint density at radius 1 is 1.12 bits per heavy atom. The molecule has 6 nitrogen and oxygen atoms in total. The highest BCUT2D eigenvalue weighted by Gasteiger charge is 2.11. The van der Waals surface area contributed by atoms with Crippen LogP contribution in [0.2, 0.25) is 0 Å². The second-order valence-electron chi connectivity index (χ2n) is 5.68. The molecule has 0 aliphatic carbocycles. The predicted molar refractivity (Wildman–Crippen MR) is 94.9 cm³/mol. The van der Waals surface area contributed by atoms with E-state index in [1.165, 1.54) is 6.92 Å². The van der Waals surface area contributed by atoms with E-state index in [9.17, 15) is 9.59 Å². The zero-order valence-corrected chi connectivity index (χ0v) is 14.3. The number of benzene rings is 1. The van der Waals surface area contributed by atoms with Crippen LogP contribution in [0.25, 0.3) is 0 Å². The molecular weight excluding hydrogens is 332 g/mol. The van der Waals surface area contributed by atoms with Gasteiger partial charge in [-0.1, -0.05) is 6.07 Å². The minimum Gasteiger partial charge on any atom is -0.486 e. The van der Waals surface area contributed by atoms with Gasteiger partial charge in [-0.3, -0.25) is 14.6 Å². The number of rotatable bonds is 7. The van der Waals surface area contributed by atoms with Gasteiger partial charge in [0.25, 0.3) is 5.91 Å². The molecule has 1 aromatic carbocycles. The SMILES string of the molecule is CC(=O)c1ccc(OCc2ccc(C(=O)NCc3cccnc3)o2)cc1. The molecule has 26 heavy (non-hydrogen) atoms. The Bertz CT molecular complexity index is 886. The Labute approximate surface area is 150 Å². The number of ether oxygens (including phenoxy) is 1. The molecule has 0 radical (unpaired) electrons. The third-order valence-electron chi connectivity index (χ3n) is 3.70. The minimum atomic E-state index is -0.300. The average Bonchev–Trinajstić information content (AvgIpc) is 3.15. The molecule has 0 fully saturated rings. The number of Topliss-reactive ketones (excluding diaryl/α,β-unsaturated/α-hetero) is 1. The van der Waals surface area contributed by atoms with E-state index < -0.39 is 0 Å². The quantitative estimate of drug-likeness (QED) is 0.661. The number of nitrogens with zero attached hydrogens (tertiary/aromatic N) is 1. The van der Waals surface area contributed by atoms with Gasteiger partial charge in [0.1, 0.15) is 18.1 Å². The summed E-state index contributed by atoms with van der Waals surface area (Å²) in [6.45, 7) is 2.08. The first kappa shape index (κ1) is 17.4. The standard InChI is InChI=1S/C20H18N2O4/c1-14(23)16-4-6-17(7-5-16)25-13-18-8-9-19(26-18)20(24)22-12-15-3-2-10-21-11-15/h2-11H,12-13H2,1H3,(H,22,24). The maximum atomic E-state index is 12.1. The van der Waals surface area contributed by atoms with Crippen molar-refractivity contribution in [1.29, 1.82) is 0 Å². The summed E-state index contributed by atoms with van der Waals surface area (Å²) >= 11 is 0. The van der Waals surface area contributed by atoms with Crippen molar-refractivity contribution >= 4 is 11.7 Å². The predicted octanol–water partition coefficient (Wildman–Crippen LogP) is 3.39. The summed E-state index contributed by atoms with van der Waals surface area (Å²) in [7, 11) is 0. The van der Waals surface area contributed by atoms with Crippen LogP contribution in [-0.4, -0.2) is 16.7 Å². The van der Waals surface area contributed by atoms with E-state index >= 15 is 0 Å². The molecule has 1 N–H and O–H groups in total. The molecule has 0 unspecified atom stereocenters. The monoisotopic (exact) mass is 350 g/mol. The van der Waals surface area contributed by atoms with Crippen LogP contribution in [0.4, 0.5) is 0 Å². The lowest BCUT2D eigenvalue weighted by Gasteiger charge is -2.05. The molecule has 0 bridgehead atoms. The van der Waals surface area contributed by atoms with Crippen LogP contribution in [0.1, 0.15) is 39.2 Å². The first-order chi connectivity index (χ1) is 12.6. The molecule has 0 aliphatic heterocycles. The van der Waals surface area contributed by atoms with Crippen LogP contribution in [0.15, 0.2) is 65.3 Å². The largest absolute Gasteiger partial charge is 0.486 e.